The Morgan fingerprint density at radius 3 is 2.39 bits per heavy atom. The molecule has 96 valence electrons. The average Bonchev–Trinajstić information content (AvgIpc) is 2.72. The molecule has 5 heteroatoms. The van der Waals surface area contributed by atoms with Crippen LogP contribution in [0.15, 0.2) is 22.9 Å². The lowest BCUT2D eigenvalue weighted by molar-refractivity contribution is 0.692. The van der Waals surface area contributed by atoms with Crippen molar-refractivity contribution in [3.05, 3.63) is 49.6 Å². The van der Waals surface area contributed by atoms with Crippen LogP contribution in [0.3, 0.4) is 0 Å². The fraction of sp³-hybridized carbons (Fsp3) is 0.231. The Kier molecular flexibility index (Phi) is 4.51. The molecule has 1 aromatic heterocycles. The number of nitrogen functional groups attached to an aromatic ring is 1. The molecule has 0 amide bonds. The fourth-order valence-electron chi connectivity index (χ4n) is 1.65. The number of thiophene rings is 1. The maximum atomic E-state index is 5.99. The monoisotopic (exact) mass is 300 g/mol. The Morgan fingerprint density at radius 1 is 1.17 bits per heavy atom. The summed E-state index contributed by atoms with van der Waals surface area (Å²) in [6, 6.07) is 3.69. The van der Waals surface area contributed by atoms with Gasteiger partial charge in [-0.25, -0.2) is 0 Å². The molecule has 1 heterocycles. The standard InChI is InChI=1S/C13H14Cl2N2S/c1-8-6-18-7-10(8)5-17-4-9-2-11(14)13(16)12(15)3-9/h2-3,6-7,17H,4-5,16H2,1H3. The van der Waals surface area contributed by atoms with Crippen molar-refractivity contribution in [1.82, 2.24) is 5.32 Å². The summed E-state index contributed by atoms with van der Waals surface area (Å²) in [6.07, 6.45) is 0. The predicted molar refractivity (Wildman–Crippen MR) is 80.5 cm³/mol. The van der Waals surface area contributed by atoms with Crippen LogP contribution in [0.5, 0.6) is 0 Å². The zero-order valence-electron chi connectivity index (χ0n) is 9.97. The first-order valence-electron chi connectivity index (χ1n) is 5.53. The number of nitrogens with one attached hydrogen (secondary N) is 1. The zero-order chi connectivity index (χ0) is 13.1. The second-order valence-corrected chi connectivity index (χ2v) is 5.71. The van der Waals surface area contributed by atoms with E-state index in [2.05, 4.69) is 23.0 Å². The van der Waals surface area contributed by atoms with E-state index in [1.807, 2.05) is 12.1 Å². The van der Waals surface area contributed by atoms with Crippen LogP contribution in [0.1, 0.15) is 16.7 Å². The van der Waals surface area contributed by atoms with E-state index < -0.39 is 0 Å². The molecule has 0 fully saturated rings. The lowest BCUT2D eigenvalue weighted by Crippen LogP contribution is -2.13. The van der Waals surface area contributed by atoms with Crippen molar-refractivity contribution in [2.45, 2.75) is 20.0 Å². The smallest absolute Gasteiger partial charge is 0.0693 e. The molecule has 0 saturated heterocycles. The van der Waals surface area contributed by atoms with E-state index in [4.69, 9.17) is 28.9 Å². The highest BCUT2D eigenvalue weighted by Gasteiger charge is 2.05. The van der Waals surface area contributed by atoms with E-state index >= 15 is 0 Å². The molecule has 2 rings (SSSR count). The first-order valence-corrected chi connectivity index (χ1v) is 7.23. The number of hydrogen-bond donors (Lipinski definition) is 2. The Balaban J connectivity index is 1.97. The number of halogens is 2. The Hall–Kier alpha value is -0.740. The number of anilines is 1. The number of aryl methyl sites for hydroxylation is 1. The summed E-state index contributed by atoms with van der Waals surface area (Å²) in [5.41, 5.74) is 9.82. The number of hydrogen-bond acceptors (Lipinski definition) is 3. The predicted octanol–water partition coefficient (Wildman–Crippen LogP) is 4.24. The second kappa shape index (κ2) is 5.93. The SMILES string of the molecule is Cc1cscc1CNCc1cc(Cl)c(N)c(Cl)c1. The van der Waals surface area contributed by atoms with Crippen LogP contribution in [-0.2, 0) is 13.1 Å². The van der Waals surface area contributed by atoms with E-state index in [0.717, 1.165) is 18.7 Å². The van der Waals surface area contributed by atoms with Crippen molar-refractivity contribution >= 4 is 40.2 Å². The van der Waals surface area contributed by atoms with E-state index in [1.54, 1.807) is 11.3 Å². The molecule has 0 atom stereocenters. The van der Waals surface area contributed by atoms with Crippen LogP contribution in [0, 0.1) is 6.92 Å². The van der Waals surface area contributed by atoms with Crippen molar-refractivity contribution in [1.29, 1.82) is 0 Å². The Bertz CT molecular complexity index is 529. The Morgan fingerprint density at radius 2 is 1.83 bits per heavy atom. The van der Waals surface area contributed by atoms with Crippen LogP contribution in [-0.4, -0.2) is 0 Å². The number of rotatable bonds is 4. The highest BCUT2D eigenvalue weighted by atomic mass is 35.5. The lowest BCUT2D eigenvalue weighted by Gasteiger charge is -2.08. The number of nitrogens with two attached hydrogens (primary N) is 1. The molecular formula is C13H14Cl2N2S. The maximum absolute atomic E-state index is 5.99. The number of benzene rings is 1. The lowest BCUT2D eigenvalue weighted by atomic mass is 10.2. The molecule has 18 heavy (non-hydrogen) atoms. The van der Waals surface area contributed by atoms with Gasteiger partial charge in [-0.3, -0.25) is 0 Å². The minimum absolute atomic E-state index is 0.441. The Labute approximate surface area is 121 Å². The molecule has 3 N–H and O–H groups in total. The van der Waals surface area contributed by atoms with Gasteiger partial charge in [-0.2, -0.15) is 11.3 Å². The van der Waals surface area contributed by atoms with E-state index in [1.165, 1.54) is 11.1 Å². The molecule has 0 bridgehead atoms. The largest absolute Gasteiger partial charge is 0.396 e. The molecule has 0 saturated carbocycles. The molecule has 0 unspecified atom stereocenters. The van der Waals surface area contributed by atoms with Gasteiger partial charge in [0, 0.05) is 13.1 Å². The summed E-state index contributed by atoms with van der Waals surface area (Å²) in [7, 11) is 0. The molecule has 0 aliphatic carbocycles. The topological polar surface area (TPSA) is 38.0 Å². The first kappa shape index (κ1) is 13.7. The van der Waals surface area contributed by atoms with Gasteiger partial charge in [-0.15, -0.1) is 0 Å². The van der Waals surface area contributed by atoms with Gasteiger partial charge in [-0.1, -0.05) is 23.2 Å². The summed E-state index contributed by atoms with van der Waals surface area (Å²) < 4.78 is 0. The van der Waals surface area contributed by atoms with Crippen molar-refractivity contribution in [2.75, 3.05) is 5.73 Å². The third-order valence-electron chi connectivity index (χ3n) is 2.75. The van der Waals surface area contributed by atoms with E-state index in [9.17, 15) is 0 Å². The van der Waals surface area contributed by atoms with Crippen molar-refractivity contribution in [2.24, 2.45) is 0 Å². The second-order valence-electron chi connectivity index (χ2n) is 4.16. The molecule has 0 spiro atoms. The minimum atomic E-state index is 0.441. The van der Waals surface area contributed by atoms with E-state index in [-0.39, 0.29) is 0 Å². The van der Waals surface area contributed by atoms with Gasteiger partial charge in [0.05, 0.1) is 15.7 Å². The average molecular weight is 301 g/mol. The molecular weight excluding hydrogens is 287 g/mol. The zero-order valence-corrected chi connectivity index (χ0v) is 12.3. The fourth-order valence-corrected chi connectivity index (χ4v) is 3.04. The normalized spacial score (nSPS) is 10.8. The van der Waals surface area contributed by atoms with Crippen LogP contribution >= 0.6 is 34.5 Å². The van der Waals surface area contributed by atoms with Crippen molar-refractivity contribution in [3.63, 3.8) is 0 Å². The van der Waals surface area contributed by atoms with Gasteiger partial charge in [-0.05, 0) is 46.5 Å². The van der Waals surface area contributed by atoms with Gasteiger partial charge in [0.2, 0.25) is 0 Å². The van der Waals surface area contributed by atoms with Gasteiger partial charge in [0.25, 0.3) is 0 Å². The summed E-state index contributed by atoms with van der Waals surface area (Å²) >= 11 is 13.7. The van der Waals surface area contributed by atoms with Crippen molar-refractivity contribution < 1.29 is 0 Å². The van der Waals surface area contributed by atoms with Crippen LogP contribution < -0.4 is 11.1 Å². The van der Waals surface area contributed by atoms with Crippen LogP contribution in [0.2, 0.25) is 10.0 Å². The third kappa shape index (κ3) is 3.18. The van der Waals surface area contributed by atoms with Gasteiger partial charge >= 0.3 is 0 Å². The van der Waals surface area contributed by atoms with Crippen LogP contribution in [0.25, 0.3) is 0 Å². The highest BCUT2D eigenvalue weighted by molar-refractivity contribution is 7.08. The van der Waals surface area contributed by atoms with Crippen LogP contribution in [0.4, 0.5) is 5.69 Å². The minimum Gasteiger partial charge on any atom is -0.396 e. The maximum Gasteiger partial charge on any atom is 0.0693 e. The molecule has 0 radical (unpaired) electrons. The van der Waals surface area contributed by atoms with Crippen molar-refractivity contribution in [3.8, 4) is 0 Å². The molecule has 0 aliphatic rings. The molecule has 1 aromatic carbocycles. The summed E-state index contributed by atoms with van der Waals surface area (Å²) in [5.74, 6) is 0. The van der Waals surface area contributed by atoms with Gasteiger partial charge in [0.15, 0.2) is 0 Å². The quantitative estimate of drug-likeness (QED) is 0.829. The van der Waals surface area contributed by atoms with Gasteiger partial charge < -0.3 is 11.1 Å². The highest BCUT2D eigenvalue weighted by Crippen LogP contribution is 2.28. The summed E-state index contributed by atoms with van der Waals surface area (Å²) in [5, 5.41) is 8.68. The molecule has 2 aromatic rings. The summed E-state index contributed by atoms with van der Waals surface area (Å²) in [4.78, 5) is 0. The van der Waals surface area contributed by atoms with E-state index in [0.29, 0.717) is 15.7 Å². The van der Waals surface area contributed by atoms with Gasteiger partial charge in [0.1, 0.15) is 0 Å². The third-order valence-corrected chi connectivity index (χ3v) is 4.28. The molecule has 2 nitrogen and oxygen atoms in total. The molecule has 0 aliphatic heterocycles. The first-order chi connectivity index (χ1) is 8.58. The summed E-state index contributed by atoms with van der Waals surface area (Å²) in [6.45, 7) is 3.68.